The summed E-state index contributed by atoms with van der Waals surface area (Å²) in [6, 6.07) is 13.7. The van der Waals surface area contributed by atoms with E-state index in [1.165, 1.54) is 5.56 Å². The Hall–Kier alpha value is -1.59. The van der Waals surface area contributed by atoms with E-state index in [9.17, 15) is 4.79 Å². The second-order valence-electron chi connectivity index (χ2n) is 7.22. The van der Waals surface area contributed by atoms with Gasteiger partial charge in [-0.1, -0.05) is 60.5 Å². The molecule has 2 aromatic rings. The summed E-state index contributed by atoms with van der Waals surface area (Å²) in [5, 5.41) is 4.05. The van der Waals surface area contributed by atoms with Crippen molar-refractivity contribution >= 4 is 29.1 Å². The molecule has 0 bridgehead atoms. The number of halogens is 2. The van der Waals surface area contributed by atoms with Gasteiger partial charge in [-0.2, -0.15) is 0 Å². The summed E-state index contributed by atoms with van der Waals surface area (Å²) >= 11 is 12.0. The van der Waals surface area contributed by atoms with Crippen molar-refractivity contribution in [3.05, 3.63) is 69.2 Å². The molecular formula is C22H27Cl2N3O. The Kier molecular flexibility index (Phi) is 7.74. The van der Waals surface area contributed by atoms with Crippen LogP contribution < -0.4 is 5.32 Å². The molecule has 0 radical (unpaired) electrons. The summed E-state index contributed by atoms with van der Waals surface area (Å²) in [5.41, 5.74) is 3.19. The first-order chi connectivity index (χ1) is 13.5. The average molecular weight is 420 g/mol. The lowest BCUT2D eigenvalue weighted by Crippen LogP contribution is -2.45. The Balaban J connectivity index is 1.44. The molecule has 0 spiro atoms. The van der Waals surface area contributed by atoms with Crippen LogP contribution in [0.4, 0.5) is 0 Å². The third kappa shape index (κ3) is 6.21. The van der Waals surface area contributed by atoms with Gasteiger partial charge in [-0.05, 0) is 35.4 Å². The molecule has 1 aliphatic heterocycles. The molecule has 1 amide bonds. The maximum Gasteiger partial charge on any atom is 0.224 e. The predicted molar refractivity (Wildman–Crippen MR) is 116 cm³/mol. The lowest BCUT2D eigenvalue weighted by atomic mass is 10.1. The van der Waals surface area contributed by atoms with Gasteiger partial charge in [-0.25, -0.2) is 0 Å². The molecule has 150 valence electrons. The van der Waals surface area contributed by atoms with Crippen LogP contribution in [0.2, 0.25) is 10.0 Å². The van der Waals surface area contributed by atoms with Gasteiger partial charge in [0.15, 0.2) is 0 Å². The van der Waals surface area contributed by atoms with E-state index in [4.69, 9.17) is 23.2 Å². The minimum atomic E-state index is -0.0536. The Morgan fingerprint density at radius 1 is 0.964 bits per heavy atom. The highest BCUT2D eigenvalue weighted by molar-refractivity contribution is 6.35. The fourth-order valence-electron chi connectivity index (χ4n) is 3.39. The minimum absolute atomic E-state index is 0.0536. The molecule has 1 N–H and O–H groups in total. The van der Waals surface area contributed by atoms with Crippen LogP contribution in [0, 0.1) is 0 Å². The zero-order valence-electron chi connectivity index (χ0n) is 16.3. The van der Waals surface area contributed by atoms with Crippen molar-refractivity contribution in [2.24, 2.45) is 0 Å². The lowest BCUT2D eigenvalue weighted by Gasteiger charge is -2.34. The van der Waals surface area contributed by atoms with Crippen LogP contribution in [0.5, 0.6) is 0 Å². The number of amides is 1. The Bertz CT molecular complexity index is 787. The number of likely N-dealkylation sites (N-methyl/N-ethyl adjacent to an activating group) is 1. The maximum atomic E-state index is 12.2. The molecule has 1 saturated heterocycles. The maximum absolute atomic E-state index is 12.2. The van der Waals surface area contributed by atoms with E-state index in [0.717, 1.165) is 50.4 Å². The Morgan fingerprint density at radius 3 is 2.25 bits per heavy atom. The molecule has 2 aromatic carbocycles. The quantitative estimate of drug-likeness (QED) is 0.736. The number of carbonyl (C=O) groups is 1. The summed E-state index contributed by atoms with van der Waals surface area (Å²) in [5.74, 6) is -0.0536. The van der Waals surface area contributed by atoms with Gasteiger partial charge in [0.1, 0.15) is 0 Å². The average Bonchev–Trinajstić information content (AvgIpc) is 2.70. The standard InChI is InChI=1S/C22H27Cl2N3O/c1-2-26-9-11-27(12-10-26)16-18-5-3-17(4-6-18)15-25-22(28)13-19-7-8-20(23)14-21(19)24/h3-8,14H,2,9-13,15-16H2,1H3,(H,25,28). The summed E-state index contributed by atoms with van der Waals surface area (Å²) < 4.78 is 0. The van der Waals surface area contributed by atoms with Crippen LogP contribution in [0.3, 0.4) is 0 Å². The summed E-state index contributed by atoms with van der Waals surface area (Å²) in [7, 11) is 0. The largest absolute Gasteiger partial charge is 0.352 e. The van der Waals surface area contributed by atoms with E-state index in [1.54, 1.807) is 18.2 Å². The van der Waals surface area contributed by atoms with E-state index in [2.05, 4.69) is 46.3 Å². The fraction of sp³-hybridized carbons (Fsp3) is 0.409. The number of hydrogen-bond donors (Lipinski definition) is 1. The predicted octanol–water partition coefficient (Wildman–Crippen LogP) is 3.99. The van der Waals surface area contributed by atoms with Crippen molar-refractivity contribution in [3.63, 3.8) is 0 Å². The second-order valence-corrected chi connectivity index (χ2v) is 8.06. The SMILES string of the molecule is CCN1CCN(Cc2ccc(CNC(=O)Cc3ccc(Cl)cc3Cl)cc2)CC1. The molecule has 0 aliphatic carbocycles. The lowest BCUT2D eigenvalue weighted by molar-refractivity contribution is -0.120. The minimum Gasteiger partial charge on any atom is -0.352 e. The Labute approximate surface area is 177 Å². The molecule has 1 aliphatic rings. The molecule has 0 atom stereocenters. The van der Waals surface area contributed by atoms with Gasteiger partial charge in [0.05, 0.1) is 6.42 Å². The van der Waals surface area contributed by atoms with Crippen LogP contribution >= 0.6 is 23.2 Å². The monoisotopic (exact) mass is 419 g/mol. The van der Waals surface area contributed by atoms with E-state index >= 15 is 0 Å². The number of carbonyl (C=O) groups excluding carboxylic acids is 1. The number of piperazine rings is 1. The Morgan fingerprint density at radius 2 is 1.61 bits per heavy atom. The topological polar surface area (TPSA) is 35.6 Å². The van der Waals surface area contributed by atoms with Crippen LogP contribution in [0.1, 0.15) is 23.6 Å². The zero-order chi connectivity index (χ0) is 19.9. The first-order valence-electron chi connectivity index (χ1n) is 9.76. The van der Waals surface area contributed by atoms with Crippen molar-refractivity contribution in [2.45, 2.75) is 26.4 Å². The van der Waals surface area contributed by atoms with Crippen LogP contribution in [-0.4, -0.2) is 48.4 Å². The number of hydrogen-bond acceptors (Lipinski definition) is 3. The molecule has 1 heterocycles. The molecular weight excluding hydrogens is 393 g/mol. The van der Waals surface area contributed by atoms with Gasteiger partial charge in [0, 0.05) is 49.3 Å². The van der Waals surface area contributed by atoms with Gasteiger partial charge >= 0.3 is 0 Å². The molecule has 0 saturated carbocycles. The van der Waals surface area contributed by atoms with Crippen molar-refractivity contribution in [2.75, 3.05) is 32.7 Å². The highest BCUT2D eigenvalue weighted by Gasteiger charge is 2.15. The highest BCUT2D eigenvalue weighted by atomic mass is 35.5. The van der Waals surface area contributed by atoms with E-state index in [0.29, 0.717) is 16.6 Å². The summed E-state index contributed by atoms with van der Waals surface area (Å²) in [6.07, 6.45) is 0.248. The van der Waals surface area contributed by atoms with Gasteiger partial charge in [0.25, 0.3) is 0 Å². The first kappa shape index (κ1) is 21.1. The van der Waals surface area contributed by atoms with E-state index in [1.807, 2.05) is 0 Å². The summed E-state index contributed by atoms with van der Waals surface area (Å²) in [4.78, 5) is 17.2. The number of rotatable bonds is 7. The normalized spacial score (nSPS) is 15.5. The molecule has 3 rings (SSSR count). The molecule has 0 unspecified atom stereocenters. The molecule has 4 nitrogen and oxygen atoms in total. The zero-order valence-corrected chi connectivity index (χ0v) is 17.8. The molecule has 0 aromatic heterocycles. The van der Waals surface area contributed by atoms with Crippen LogP contribution in [0.25, 0.3) is 0 Å². The van der Waals surface area contributed by atoms with Crippen molar-refractivity contribution in [1.82, 2.24) is 15.1 Å². The van der Waals surface area contributed by atoms with E-state index in [-0.39, 0.29) is 12.3 Å². The molecule has 6 heteroatoms. The van der Waals surface area contributed by atoms with Crippen molar-refractivity contribution in [3.8, 4) is 0 Å². The molecule has 28 heavy (non-hydrogen) atoms. The molecule has 1 fully saturated rings. The number of nitrogens with one attached hydrogen (secondary N) is 1. The van der Waals surface area contributed by atoms with Crippen LogP contribution in [-0.2, 0) is 24.3 Å². The summed E-state index contributed by atoms with van der Waals surface area (Å²) in [6.45, 7) is 9.41. The van der Waals surface area contributed by atoms with Gasteiger partial charge in [-0.15, -0.1) is 0 Å². The highest BCUT2D eigenvalue weighted by Crippen LogP contribution is 2.21. The first-order valence-corrected chi connectivity index (χ1v) is 10.5. The fourth-order valence-corrected chi connectivity index (χ4v) is 3.86. The number of benzene rings is 2. The van der Waals surface area contributed by atoms with Crippen molar-refractivity contribution in [1.29, 1.82) is 0 Å². The van der Waals surface area contributed by atoms with E-state index < -0.39 is 0 Å². The smallest absolute Gasteiger partial charge is 0.224 e. The van der Waals surface area contributed by atoms with Gasteiger partial charge in [-0.3, -0.25) is 9.69 Å². The van der Waals surface area contributed by atoms with Crippen molar-refractivity contribution < 1.29 is 4.79 Å². The van der Waals surface area contributed by atoms with Gasteiger partial charge < -0.3 is 10.2 Å². The second kappa shape index (κ2) is 10.3. The van der Waals surface area contributed by atoms with Gasteiger partial charge in [0.2, 0.25) is 5.91 Å². The third-order valence-electron chi connectivity index (χ3n) is 5.20. The van der Waals surface area contributed by atoms with Crippen LogP contribution in [0.15, 0.2) is 42.5 Å². The third-order valence-corrected chi connectivity index (χ3v) is 5.78. The number of nitrogens with zero attached hydrogens (tertiary/aromatic N) is 2.